The second-order valence-corrected chi connectivity index (χ2v) is 6.46. The van der Waals surface area contributed by atoms with Crippen molar-refractivity contribution in [3.05, 3.63) is 48.5 Å². The normalized spacial score (nSPS) is 10.5. The van der Waals surface area contributed by atoms with Crippen LogP contribution in [0.1, 0.15) is 0 Å². The lowest BCUT2D eigenvalue weighted by Crippen LogP contribution is -2.14. The second kappa shape index (κ2) is 7.92. The fraction of sp³-hybridized carbons (Fsp3) is 0.167. The highest BCUT2D eigenvalue weighted by Crippen LogP contribution is 2.26. The van der Waals surface area contributed by atoms with Crippen LogP contribution >= 0.6 is 11.8 Å². The molecule has 0 aliphatic rings. The zero-order chi connectivity index (χ0) is 18.5. The lowest BCUT2D eigenvalue weighted by atomic mass is 10.2. The van der Waals surface area contributed by atoms with E-state index >= 15 is 0 Å². The SMILES string of the molecule is COc1ccc(NC(=O)CSc2nnc(-c3ccccc3N)n2C)cc1. The van der Waals surface area contributed by atoms with Gasteiger partial charge in [-0.3, -0.25) is 4.79 Å². The maximum absolute atomic E-state index is 12.1. The standard InChI is InChI=1S/C18H19N5O2S/c1-23-17(14-5-3-4-6-15(14)19)21-22-18(23)26-11-16(24)20-12-7-9-13(25-2)10-8-12/h3-10H,11,19H2,1-2H3,(H,20,24). The number of hydrogen-bond donors (Lipinski definition) is 2. The zero-order valence-electron chi connectivity index (χ0n) is 14.5. The molecule has 1 heterocycles. The molecule has 1 amide bonds. The van der Waals surface area contributed by atoms with Crippen molar-refractivity contribution in [2.45, 2.75) is 5.16 Å². The van der Waals surface area contributed by atoms with Gasteiger partial charge in [0.2, 0.25) is 5.91 Å². The highest BCUT2D eigenvalue weighted by atomic mass is 32.2. The van der Waals surface area contributed by atoms with Crippen molar-refractivity contribution >= 4 is 29.0 Å². The van der Waals surface area contributed by atoms with Gasteiger partial charge in [-0.15, -0.1) is 10.2 Å². The van der Waals surface area contributed by atoms with Crippen LogP contribution in [0.2, 0.25) is 0 Å². The lowest BCUT2D eigenvalue weighted by molar-refractivity contribution is -0.113. The number of benzene rings is 2. The first-order chi connectivity index (χ1) is 12.6. The first-order valence-corrected chi connectivity index (χ1v) is 8.88. The summed E-state index contributed by atoms with van der Waals surface area (Å²) in [6.07, 6.45) is 0. The average Bonchev–Trinajstić information content (AvgIpc) is 3.01. The molecule has 0 aliphatic heterocycles. The Morgan fingerprint density at radius 2 is 1.92 bits per heavy atom. The Balaban J connectivity index is 1.63. The Morgan fingerprint density at radius 3 is 2.62 bits per heavy atom. The quantitative estimate of drug-likeness (QED) is 0.512. The Morgan fingerprint density at radius 1 is 1.19 bits per heavy atom. The molecule has 2 aromatic carbocycles. The molecule has 0 bridgehead atoms. The molecular formula is C18H19N5O2S. The van der Waals surface area contributed by atoms with Gasteiger partial charge in [0.05, 0.1) is 12.9 Å². The molecular weight excluding hydrogens is 350 g/mol. The third-order valence-corrected chi connectivity index (χ3v) is 4.76. The summed E-state index contributed by atoms with van der Waals surface area (Å²) in [5.74, 6) is 1.51. The van der Waals surface area contributed by atoms with E-state index in [4.69, 9.17) is 10.5 Å². The van der Waals surface area contributed by atoms with Crippen LogP contribution in [0.3, 0.4) is 0 Å². The fourth-order valence-corrected chi connectivity index (χ4v) is 3.09. The van der Waals surface area contributed by atoms with Crippen molar-refractivity contribution < 1.29 is 9.53 Å². The molecule has 1 aromatic heterocycles. The van der Waals surface area contributed by atoms with Crippen LogP contribution in [0.4, 0.5) is 11.4 Å². The van der Waals surface area contributed by atoms with E-state index in [0.29, 0.717) is 22.4 Å². The maximum Gasteiger partial charge on any atom is 0.234 e. The zero-order valence-corrected chi connectivity index (χ0v) is 15.3. The molecule has 3 N–H and O–H groups in total. The van der Waals surface area contributed by atoms with E-state index in [-0.39, 0.29) is 11.7 Å². The number of aromatic nitrogens is 3. The third-order valence-electron chi connectivity index (χ3n) is 3.74. The van der Waals surface area contributed by atoms with Gasteiger partial charge in [0, 0.05) is 24.0 Å². The number of methoxy groups -OCH3 is 1. The Hall–Kier alpha value is -3.00. The molecule has 8 heteroatoms. The fourth-order valence-electron chi connectivity index (χ4n) is 2.38. The molecule has 3 aromatic rings. The van der Waals surface area contributed by atoms with E-state index in [1.54, 1.807) is 31.4 Å². The predicted molar refractivity (Wildman–Crippen MR) is 103 cm³/mol. The van der Waals surface area contributed by atoms with Crippen LogP contribution in [-0.4, -0.2) is 33.5 Å². The summed E-state index contributed by atoms with van der Waals surface area (Å²) >= 11 is 1.32. The van der Waals surface area contributed by atoms with Crippen molar-refractivity contribution in [1.29, 1.82) is 0 Å². The maximum atomic E-state index is 12.1. The number of para-hydroxylation sites is 1. The number of nitrogens with two attached hydrogens (primary N) is 1. The van der Waals surface area contributed by atoms with E-state index in [0.717, 1.165) is 11.3 Å². The number of anilines is 2. The minimum Gasteiger partial charge on any atom is -0.497 e. The minimum absolute atomic E-state index is 0.121. The van der Waals surface area contributed by atoms with Gasteiger partial charge in [0.15, 0.2) is 11.0 Å². The lowest BCUT2D eigenvalue weighted by Gasteiger charge is -2.07. The Labute approximate surface area is 155 Å². The van der Waals surface area contributed by atoms with Crippen LogP contribution in [0, 0.1) is 0 Å². The molecule has 26 heavy (non-hydrogen) atoms. The third kappa shape index (κ3) is 3.97. The number of nitrogen functional groups attached to an aromatic ring is 1. The van der Waals surface area contributed by atoms with Gasteiger partial charge in [-0.2, -0.15) is 0 Å². The van der Waals surface area contributed by atoms with Gasteiger partial charge in [0.25, 0.3) is 0 Å². The van der Waals surface area contributed by atoms with Crippen molar-refractivity contribution in [2.75, 3.05) is 23.9 Å². The first-order valence-electron chi connectivity index (χ1n) is 7.89. The number of rotatable bonds is 6. The van der Waals surface area contributed by atoms with Crippen LogP contribution in [0.5, 0.6) is 5.75 Å². The summed E-state index contributed by atoms with van der Waals surface area (Å²) in [4.78, 5) is 12.1. The summed E-state index contributed by atoms with van der Waals surface area (Å²) in [5, 5.41) is 11.8. The number of thioether (sulfide) groups is 1. The molecule has 0 saturated carbocycles. The molecule has 0 aliphatic carbocycles. The number of nitrogens with one attached hydrogen (secondary N) is 1. The highest BCUT2D eigenvalue weighted by molar-refractivity contribution is 7.99. The molecule has 0 saturated heterocycles. The molecule has 3 rings (SSSR count). The second-order valence-electron chi connectivity index (χ2n) is 5.52. The molecule has 7 nitrogen and oxygen atoms in total. The summed E-state index contributed by atoms with van der Waals surface area (Å²) < 4.78 is 6.93. The van der Waals surface area contributed by atoms with Gasteiger partial charge in [0.1, 0.15) is 5.75 Å². The van der Waals surface area contributed by atoms with Gasteiger partial charge in [-0.1, -0.05) is 23.9 Å². The monoisotopic (exact) mass is 369 g/mol. The molecule has 0 unspecified atom stereocenters. The van der Waals surface area contributed by atoms with Gasteiger partial charge >= 0.3 is 0 Å². The molecule has 0 spiro atoms. The van der Waals surface area contributed by atoms with Crippen LogP contribution in [0.25, 0.3) is 11.4 Å². The highest BCUT2D eigenvalue weighted by Gasteiger charge is 2.14. The number of carbonyl (C=O) groups excluding carboxylic acids is 1. The van der Waals surface area contributed by atoms with Crippen molar-refractivity contribution in [2.24, 2.45) is 7.05 Å². The summed E-state index contributed by atoms with van der Waals surface area (Å²) in [7, 11) is 3.45. The molecule has 0 atom stereocenters. The summed E-state index contributed by atoms with van der Waals surface area (Å²) in [5.41, 5.74) is 8.17. The topological polar surface area (TPSA) is 95.1 Å². The van der Waals surface area contributed by atoms with E-state index in [1.165, 1.54) is 11.8 Å². The largest absolute Gasteiger partial charge is 0.497 e. The predicted octanol–water partition coefficient (Wildman–Crippen LogP) is 2.80. The van der Waals surface area contributed by atoms with E-state index in [9.17, 15) is 4.79 Å². The number of amides is 1. The van der Waals surface area contributed by atoms with Crippen LogP contribution in [0.15, 0.2) is 53.7 Å². The van der Waals surface area contributed by atoms with E-state index in [1.807, 2.05) is 35.9 Å². The molecule has 134 valence electrons. The summed E-state index contributed by atoms with van der Waals surface area (Å²) in [6, 6.07) is 14.6. The molecule has 0 radical (unpaired) electrons. The number of carbonyl (C=O) groups is 1. The first kappa shape index (κ1) is 17.8. The van der Waals surface area contributed by atoms with Gasteiger partial charge in [-0.05, 0) is 36.4 Å². The van der Waals surface area contributed by atoms with E-state index in [2.05, 4.69) is 15.5 Å². The van der Waals surface area contributed by atoms with Crippen LogP contribution in [-0.2, 0) is 11.8 Å². The Kier molecular flexibility index (Phi) is 5.43. The van der Waals surface area contributed by atoms with Crippen LogP contribution < -0.4 is 15.8 Å². The average molecular weight is 369 g/mol. The minimum atomic E-state index is -0.121. The Bertz CT molecular complexity index is 908. The van der Waals surface area contributed by atoms with Gasteiger partial charge < -0.3 is 20.4 Å². The number of hydrogen-bond acceptors (Lipinski definition) is 6. The molecule has 0 fully saturated rings. The van der Waals surface area contributed by atoms with Crippen molar-refractivity contribution in [1.82, 2.24) is 14.8 Å². The van der Waals surface area contributed by atoms with Crippen molar-refractivity contribution in [3.8, 4) is 17.1 Å². The van der Waals surface area contributed by atoms with Crippen molar-refractivity contribution in [3.63, 3.8) is 0 Å². The number of ether oxygens (including phenoxy) is 1. The van der Waals surface area contributed by atoms with Gasteiger partial charge in [-0.25, -0.2) is 0 Å². The summed E-state index contributed by atoms with van der Waals surface area (Å²) in [6.45, 7) is 0. The smallest absolute Gasteiger partial charge is 0.234 e. The number of nitrogens with zero attached hydrogens (tertiary/aromatic N) is 3. The van der Waals surface area contributed by atoms with E-state index < -0.39 is 0 Å².